The minimum atomic E-state index is 0.605. The lowest BCUT2D eigenvalue weighted by atomic mass is 10.1. The fourth-order valence-corrected chi connectivity index (χ4v) is 4.57. The second-order valence-corrected chi connectivity index (χ2v) is 8.43. The minimum Gasteiger partial charge on any atom is -0.355 e. The topological polar surface area (TPSA) is 91.7 Å². The molecule has 1 aliphatic heterocycles. The van der Waals surface area contributed by atoms with E-state index in [9.17, 15) is 5.26 Å². The van der Waals surface area contributed by atoms with Gasteiger partial charge in [-0.05, 0) is 62.1 Å². The van der Waals surface area contributed by atoms with Gasteiger partial charge in [-0.15, -0.1) is 5.10 Å². The molecule has 0 unspecified atom stereocenters. The van der Waals surface area contributed by atoms with Crippen LogP contribution >= 0.6 is 11.8 Å². The van der Waals surface area contributed by atoms with Gasteiger partial charge in [0.15, 0.2) is 5.82 Å². The van der Waals surface area contributed by atoms with Crippen LogP contribution in [0.1, 0.15) is 30.4 Å². The fraction of sp³-hybridized carbons (Fsp3) is 0.304. The average Bonchev–Trinajstić information content (AvgIpc) is 2.81. The SMILES string of the molecule is N#Cc1ccc(-c2ccc(CCN)cn2)c(Sc2cnnc(N3CCCCC3)c2)c1. The summed E-state index contributed by atoms with van der Waals surface area (Å²) in [6.07, 6.45) is 8.12. The molecule has 0 bridgehead atoms. The van der Waals surface area contributed by atoms with Crippen LogP contribution < -0.4 is 10.6 Å². The number of benzene rings is 1. The maximum Gasteiger partial charge on any atom is 0.152 e. The fourth-order valence-electron chi connectivity index (χ4n) is 3.58. The van der Waals surface area contributed by atoms with E-state index in [1.54, 1.807) is 18.0 Å². The van der Waals surface area contributed by atoms with Gasteiger partial charge in [-0.3, -0.25) is 4.98 Å². The average molecular weight is 417 g/mol. The Morgan fingerprint density at radius 2 is 1.93 bits per heavy atom. The quantitative estimate of drug-likeness (QED) is 0.648. The lowest BCUT2D eigenvalue weighted by Crippen LogP contribution is -2.30. The van der Waals surface area contributed by atoms with Crippen molar-refractivity contribution in [2.75, 3.05) is 24.5 Å². The minimum absolute atomic E-state index is 0.605. The highest BCUT2D eigenvalue weighted by Gasteiger charge is 2.15. The van der Waals surface area contributed by atoms with E-state index >= 15 is 0 Å². The molecule has 0 amide bonds. The molecule has 2 aromatic heterocycles. The van der Waals surface area contributed by atoms with Crippen LogP contribution in [-0.2, 0) is 6.42 Å². The van der Waals surface area contributed by atoms with Crippen molar-refractivity contribution in [1.29, 1.82) is 5.26 Å². The van der Waals surface area contributed by atoms with Crippen molar-refractivity contribution in [3.63, 3.8) is 0 Å². The summed E-state index contributed by atoms with van der Waals surface area (Å²) in [4.78, 5) is 8.90. The predicted octanol–water partition coefficient (Wildman–Crippen LogP) is 4.05. The van der Waals surface area contributed by atoms with Gasteiger partial charge < -0.3 is 10.6 Å². The maximum atomic E-state index is 9.38. The van der Waals surface area contributed by atoms with Gasteiger partial charge in [-0.2, -0.15) is 10.4 Å². The van der Waals surface area contributed by atoms with Crippen molar-refractivity contribution in [1.82, 2.24) is 15.2 Å². The second kappa shape index (κ2) is 9.70. The molecule has 1 aromatic carbocycles. The summed E-state index contributed by atoms with van der Waals surface area (Å²) in [5.74, 6) is 0.918. The molecule has 2 N–H and O–H groups in total. The molecule has 1 saturated heterocycles. The zero-order valence-electron chi connectivity index (χ0n) is 16.8. The number of hydrogen-bond donors (Lipinski definition) is 1. The third-order valence-electron chi connectivity index (χ3n) is 5.17. The van der Waals surface area contributed by atoms with E-state index in [-0.39, 0.29) is 0 Å². The first-order chi connectivity index (χ1) is 14.8. The number of piperidine rings is 1. The Morgan fingerprint density at radius 1 is 1.07 bits per heavy atom. The van der Waals surface area contributed by atoms with Gasteiger partial charge in [0.25, 0.3) is 0 Å². The molecule has 6 nitrogen and oxygen atoms in total. The summed E-state index contributed by atoms with van der Waals surface area (Å²) in [5.41, 5.74) is 9.26. The molecule has 7 heteroatoms. The monoisotopic (exact) mass is 416 g/mol. The molecule has 152 valence electrons. The molecule has 3 heterocycles. The van der Waals surface area contributed by atoms with Crippen molar-refractivity contribution < 1.29 is 0 Å². The van der Waals surface area contributed by atoms with Gasteiger partial charge in [-0.1, -0.05) is 23.9 Å². The molecule has 0 radical (unpaired) electrons. The summed E-state index contributed by atoms with van der Waals surface area (Å²) >= 11 is 1.59. The first-order valence-corrected chi connectivity index (χ1v) is 11.0. The van der Waals surface area contributed by atoms with Gasteiger partial charge in [0.2, 0.25) is 0 Å². The van der Waals surface area contributed by atoms with Gasteiger partial charge in [0.05, 0.1) is 23.5 Å². The molecule has 0 spiro atoms. The van der Waals surface area contributed by atoms with Crippen LogP contribution in [0.2, 0.25) is 0 Å². The number of nitrogens with two attached hydrogens (primary N) is 1. The summed E-state index contributed by atoms with van der Waals surface area (Å²) in [5, 5.41) is 17.9. The van der Waals surface area contributed by atoms with Crippen LogP contribution in [0.25, 0.3) is 11.3 Å². The Labute approximate surface area is 181 Å². The smallest absolute Gasteiger partial charge is 0.152 e. The van der Waals surface area contributed by atoms with Crippen molar-refractivity contribution in [2.45, 2.75) is 35.5 Å². The first-order valence-electron chi connectivity index (χ1n) is 10.2. The van der Waals surface area contributed by atoms with Crippen LogP contribution in [0.4, 0.5) is 5.82 Å². The normalized spacial score (nSPS) is 13.8. The highest BCUT2D eigenvalue weighted by molar-refractivity contribution is 7.99. The molecule has 1 fully saturated rings. The Morgan fingerprint density at radius 3 is 2.67 bits per heavy atom. The molecule has 4 rings (SSSR count). The van der Waals surface area contributed by atoms with Crippen molar-refractivity contribution in [3.05, 3.63) is 59.9 Å². The lowest BCUT2D eigenvalue weighted by Gasteiger charge is -2.27. The number of aromatic nitrogens is 3. The zero-order valence-corrected chi connectivity index (χ0v) is 17.6. The number of rotatable bonds is 6. The van der Waals surface area contributed by atoms with Crippen molar-refractivity contribution in [2.24, 2.45) is 5.73 Å². The van der Waals surface area contributed by atoms with Gasteiger partial charge in [0, 0.05) is 34.6 Å². The summed E-state index contributed by atoms with van der Waals surface area (Å²) in [6, 6.07) is 14.1. The predicted molar refractivity (Wildman–Crippen MR) is 119 cm³/mol. The highest BCUT2D eigenvalue weighted by Crippen LogP contribution is 2.36. The number of pyridine rings is 1. The van der Waals surface area contributed by atoms with Crippen molar-refractivity contribution in [3.8, 4) is 17.3 Å². The Hall–Kier alpha value is -2.95. The molecule has 0 saturated carbocycles. The molecule has 30 heavy (non-hydrogen) atoms. The first kappa shape index (κ1) is 20.3. The summed E-state index contributed by atoms with van der Waals surface area (Å²) in [7, 11) is 0. The van der Waals surface area contributed by atoms with E-state index < -0.39 is 0 Å². The largest absolute Gasteiger partial charge is 0.355 e. The lowest BCUT2D eigenvalue weighted by molar-refractivity contribution is 0.570. The molecule has 0 atom stereocenters. The maximum absolute atomic E-state index is 9.38. The van der Waals surface area contributed by atoms with E-state index in [2.05, 4.69) is 38.3 Å². The van der Waals surface area contributed by atoms with E-state index in [1.807, 2.05) is 30.5 Å². The van der Waals surface area contributed by atoms with E-state index in [0.717, 1.165) is 51.9 Å². The highest BCUT2D eigenvalue weighted by atomic mass is 32.2. The third-order valence-corrected chi connectivity index (χ3v) is 6.19. The molecular formula is C23H24N6S. The summed E-state index contributed by atoms with van der Waals surface area (Å²) < 4.78 is 0. The number of hydrogen-bond acceptors (Lipinski definition) is 7. The standard InChI is InChI=1S/C23H24N6S/c24-9-8-17-5-7-21(26-15-17)20-6-4-18(14-25)12-22(20)30-19-13-23(28-27-16-19)29-10-2-1-3-11-29/h4-7,12-13,15-16H,1-3,8-11,24H2. The second-order valence-electron chi connectivity index (χ2n) is 7.31. The van der Waals surface area contributed by atoms with E-state index in [0.29, 0.717) is 12.1 Å². The Bertz CT molecular complexity index is 1040. The Balaban J connectivity index is 1.64. The zero-order chi connectivity index (χ0) is 20.8. The number of nitrogens with zero attached hydrogens (tertiary/aromatic N) is 5. The summed E-state index contributed by atoms with van der Waals surface area (Å²) in [6.45, 7) is 2.65. The number of anilines is 1. The van der Waals surface area contributed by atoms with Gasteiger partial charge in [0.1, 0.15) is 0 Å². The molecule has 1 aliphatic rings. The van der Waals surface area contributed by atoms with Gasteiger partial charge in [-0.25, -0.2) is 0 Å². The van der Waals surface area contributed by atoms with E-state index in [4.69, 9.17) is 5.73 Å². The molecule has 3 aromatic rings. The van der Waals surface area contributed by atoms with Crippen LogP contribution in [-0.4, -0.2) is 34.8 Å². The molecule has 0 aliphatic carbocycles. The Kier molecular flexibility index (Phi) is 6.57. The number of nitriles is 1. The van der Waals surface area contributed by atoms with Crippen molar-refractivity contribution >= 4 is 17.6 Å². The van der Waals surface area contributed by atoms with Crippen LogP contribution in [0, 0.1) is 11.3 Å². The third kappa shape index (κ3) is 4.78. The van der Waals surface area contributed by atoms with Crippen LogP contribution in [0.3, 0.4) is 0 Å². The van der Waals surface area contributed by atoms with E-state index in [1.165, 1.54) is 19.3 Å². The van der Waals surface area contributed by atoms with Crippen LogP contribution in [0.15, 0.2) is 58.6 Å². The van der Waals surface area contributed by atoms with Crippen LogP contribution in [0.5, 0.6) is 0 Å². The van der Waals surface area contributed by atoms with Gasteiger partial charge >= 0.3 is 0 Å². The molecular weight excluding hydrogens is 392 g/mol.